The first-order chi connectivity index (χ1) is 9.08. The summed E-state index contributed by atoms with van der Waals surface area (Å²) in [5.74, 6) is 3.03. The molecule has 1 aliphatic heterocycles. The minimum atomic E-state index is -0.533. The number of anilines is 1. The Morgan fingerprint density at radius 3 is 2.84 bits per heavy atom. The number of aliphatic hydroxyl groups excluding tert-OH is 1. The van der Waals surface area contributed by atoms with Crippen LogP contribution in [-0.2, 0) is 11.4 Å². The zero-order chi connectivity index (χ0) is 14.0. The number of hydrogen-bond acceptors (Lipinski definition) is 3. The number of carbonyl (C=O) groups is 1. The summed E-state index contributed by atoms with van der Waals surface area (Å²) in [5.41, 5.74) is 1.41. The van der Waals surface area contributed by atoms with Gasteiger partial charge < -0.3 is 9.84 Å². The highest BCUT2D eigenvalue weighted by atomic mass is 16.5. The van der Waals surface area contributed by atoms with Crippen LogP contribution in [0.25, 0.3) is 0 Å². The van der Waals surface area contributed by atoms with Crippen molar-refractivity contribution in [3.8, 4) is 18.1 Å². The van der Waals surface area contributed by atoms with Crippen LogP contribution in [0.2, 0.25) is 0 Å². The second-order valence-corrected chi connectivity index (χ2v) is 4.87. The van der Waals surface area contributed by atoms with Crippen LogP contribution in [0.4, 0.5) is 5.69 Å². The summed E-state index contributed by atoms with van der Waals surface area (Å²) in [5, 5.41) is 9.17. The highest BCUT2D eigenvalue weighted by Gasteiger charge is 2.35. The van der Waals surface area contributed by atoms with Crippen LogP contribution < -0.4 is 9.64 Å². The number of ether oxygens (including phenoxy) is 1. The Balaban J connectivity index is 2.46. The SMILES string of the molecule is C#CCN1C(=O)C(C(C)C)Oc2cc(CO)ccc21. The van der Waals surface area contributed by atoms with Crippen molar-refractivity contribution in [2.24, 2.45) is 5.92 Å². The Kier molecular flexibility index (Phi) is 3.77. The Hall–Kier alpha value is -1.99. The lowest BCUT2D eigenvalue weighted by Crippen LogP contribution is -2.48. The number of hydrogen-bond donors (Lipinski definition) is 1. The number of terminal acetylenes is 1. The van der Waals surface area contributed by atoms with Crippen molar-refractivity contribution in [1.82, 2.24) is 0 Å². The topological polar surface area (TPSA) is 49.8 Å². The lowest BCUT2D eigenvalue weighted by molar-refractivity contribution is -0.128. The second-order valence-electron chi connectivity index (χ2n) is 4.87. The summed E-state index contributed by atoms with van der Waals surface area (Å²) in [7, 11) is 0. The molecule has 0 fully saturated rings. The van der Waals surface area contributed by atoms with Gasteiger partial charge in [0, 0.05) is 0 Å². The molecule has 1 N–H and O–H groups in total. The van der Waals surface area contributed by atoms with Gasteiger partial charge >= 0.3 is 0 Å². The summed E-state index contributed by atoms with van der Waals surface area (Å²) in [4.78, 5) is 13.9. The molecule has 0 spiro atoms. The first-order valence-corrected chi connectivity index (χ1v) is 6.23. The Morgan fingerprint density at radius 2 is 2.26 bits per heavy atom. The molecule has 0 bridgehead atoms. The number of amides is 1. The molecule has 4 heteroatoms. The van der Waals surface area contributed by atoms with Crippen LogP contribution in [-0.4, -0.2) is 23.7 Å². The van der Waals surface area contributed by atoms with E-state index in [-0.39, 0.29) is 25.0 Å². The molecule has 0 saturated carbocycles. The Labute approximate surface area is 113 Å². The highest BCUT2D eigenvalue weighted by Crippen LogP contribution is 2.36. The van der Waals surface area contributed by atoms with Crippen molar-refractivity contribution < 1.29 is 14.6 Å². The third-order valence-corrected chi connectivity index (χ3v) is 3.12. The standard InChI is InChI=1S/C15H17NO3/c1-4-7-16-12-6-5-11(9-17)8-13(12)19-14(10(2)3)15(16)18/h1,5-6,8,10,14,17H,7,9H2,2-3H3. The first-order valence-electron chi connectivity index (χ1n) is 6.23. The predicted molar refractivity (Wildman–Crippen MR) is 72.8 cm³/mol. The van der Waals surface area contributed by atoms with Gasteiger partial charge in [0.2, 0.25) is 0 Å². The van der Waals surface area contributed by atoms with E-state index in [0.29, 0.717) is 11.4 Å². The van der Waals surface area contributed by atoms with Crippen LogP contribution in [0.1, 0.15) is 19.4 Å². The molecule has 1 amide bonds. The fourth-order valence-corrected chi connectivity index (χ4v) is 2.11. The highest BCUT2D eigenvalue weighted by molar-refractivity contribution is 6.00. The summed E-state index contributed by atoms with van der Waals surface area (Å²) in [6, 6.07) is 5.27. The van der Waals surface area contributed by atoms with Gasteiger partial charge in [-0.25, -0.2) is 0 Å². The van der Waals surface area contributed by atoms with E-state index >= 15 is 0 Å². The number of carbonyl (C=O) groups excluding carboxylic acids is 1. The molecule has 1 unspecified atom stereocenters. The van der Waals surface area contributed by atoms with Gasteiger partial charge in [-0.05, 0) is 23.6 Å². The lowest BCUT2D eigenvalue weighted by atomic mass is 10.0. The van der Waals surface area contributed by atoms with Gasteiger partial charge in [-0.15, -0.1) is 6.42 Å². The molecule has 0 radical (unpaired) electrons. The zero-order valence-corrected chi connectivity index (χ0v) is 11.1. The number of nitrogens with zero attached hydrogens (tertiary/aromatic N) is 1. The Bertz CT molecular complexity index is 531. The van der Waals surface area contributed by atoms with E-state index in [1.165, 1.54) is 0 Å². The van der Waals surface area contributed by atoms with Crippen molar-refractivity contribution in [2.75, 3.05) is 11.4 Å². The Morgan fingerprint density at radius 1 is 1.53 bits per heavy atom. The molecular formula is C15H17NO3. The summed E-state index contributed by atoms with van der Waals surface area (Å²) in [6.07, 6.45) is 4.80. The lowest BCUT2D eigenvalue weighted by Gasteiger charge is -2.35. The second kappa shape index (κ2) is 5.33. The maximum Gasteiger partial charge on any atom is 0.269 e. The number of aliphatic hydroxyl groups is 1. The number of rotatable bonds is 3. The summed E-state index contributed by atoms with van der Waals surface area (Å²) in [6.45, 7) is 4.01. The average molecular weight is 259 g/mol. The third-order valence-electron chi connectivity index (χ3n) is 3.12. The molecule has 0 aromatic heterocycles. The van der Waals surface area contributed by atoms with Gasteiger partial charge in [0.1, 0.15) is 5.75 Å². The van der Waals surface area contributed by atoms with E-state index in [1.807, 2.05) is 13.8 Å². The fraction of sp³-hybridized carbons (Fsp3) is 0.400. The molecule has 2 rings (SSSR count). The van der Waals surface area contributed by atoms with Crippen molar-refractivity contribution in [1.29, 1.82) is 0 Å². The molecule has 1 heterocycles. The van der Waals surface area contributed by atoms with Gasteiger partial charge in [0.25, 0.3) is 5.91 Å². The molecule has 0 aliphatic carbocycles. The van der Waals surface area contributed by atoms with Gasteiger partial charge in [0.05, 0.1) is 18.8 Å². The number of benzene rings is 1. The van der Waals surface area contributed by atoms with Gasteiger partial charge in [0.15, 0.2) is 6.10 Å². The molecular weight excluding hydrogens is 242 g/mol. The van der Waals surface area contributed by atoms with E-state index in [0.717, 1.165) is 5.56 Å². The molecule has 4 nitrogen and oxygen atoms in total. The van der Waals surface area contributed by atoms with E-state index in [2.05, 4.69) is 5.92 Å². The monoisotopic (exact) mass is 259 g/mol. The predicted octanol–water partition coefficient (Wildman–Crippen LogP) is 1.56. The molecule has 1 aliphatic rings. The van der Waals surface area contributed by atoms with Crippen molar-refractivity contribution in [2.45, 2.75) is 26.6 Å². The number of fused-ring (bicyclic) bond motifs is 1. The van der Waals surface area contributed by atoms with E-state index in [1.54, 1.807) is 23.1 Å². The van der Waals surface area contributed by atoms with Gasteiger partial charge in [-0.2, -0.15) is 0 Å². The molecule has 1 aromatic carbocycles. The smallest absolute Gasteiger partial charge is 0.269 e. The fourth-order valence-electron chi connectivity index (χ4n) is 2.11. The molecule has 1 atom stereocenters. The maximum atomic E-state index is 12.3. The van der Waals surface area contributed by atoms with Crippen LogP contribution in [0.15, 0.2) is 18.2 Å². The first kappa shape index (κ1) is 13.4. The van der Waals surface area contributed by atoms with Crippen LogP contribution in [0, 0.1) is 18.3 Å². The van der Waals surface area contributed by atoms with Crippen LogP contribution >= 0.6 is 0 Å². The van der Waals surface area contributed by atoms with E-state index in [4.69, 9.17) is 16.3 Å². The summed E-state index contributed by atoms with van der Waals surface area (Å²) < 4.78 is 5.75. The van der Waals surface area contributed by atoms with E-state index in [9.17, 15) is 4.79 Å². The quantitative estimate of drug-likeness (QED) is 0.838. The molecule has 1 aromatic rings. The summed E-state index contributed by atoms with van der Waals surface area (Å²) >= 11 is 0. The normalized spacial score (nSPS) is 17.9. The van der Waals surface area contributed by atoms with Crippen molar-refractivity contribution in [3.05, 3.63) is 23.8 Å². The molecule has 100 valence electrons. The van der Waals surface area contributed by atoms with Crippen molar-refractivity contribution in [3.63, 3.8) is 0 Å². The zero-order valence-electron chi connectivity index (χ0n) is 11.1. The van der Waals surface area contributed by atoms with Gasteiger partial charge in [-0.3, -0.25) is 9.69 Å². The minimum Gasteiger partial charge on any atom is -0.478 e. The molecule has 0 saturated heterocycles. The van der Waals surface area contributed by atoms with E-state index < -0.39 is 6.10 Å². The van der Waals surface area contributed by atoms with Crippen LogP contribution in [0.3, 0.4) is 0 Å². The average Bonchev–Trinajstić information content (AvgIpc) is 2.40. The largest absolute Gasteiger partial charge is 0.478 e. The van der Waals surface area contributed by atoms with Gasteiger partial charge in [-0.1, -0.05) is 25.8 Å². The minimum absolute atomic E-state index is 0.0544. The van der Waals surface area contributed by atoms with Crippen molar-refractivity contribution >= 4 is 11.6 Å². The van der Waals surface area contributed by atoms with Crippen LogP contribution in [0.5, 0.6) is 5.75 Å². The molecule has 19 heavy (non-hydrogen) atoms. The maximum absolute atomic E-state index is 12.3. The third kappa shape index (κ3) is 2.42.